The third kappa shape index (κ3) is 2.19. The molecule has 2 unspecified atom stereocenters. The highest BCUT2D eigenvalue weighted by Crippen LogP contribution is 2.32. The summed E-state index contributed by atoms with van der Waals surface area (Å²) in [4.78, 5) is 11.1. The van der Waals surface area contributed by atoms with Crippen molar-refractivity contribution in [1.82, 2.24) is 0 Å². The number of hydrogen-bond acceptors (Lipinski definition) is 4. The summed E-state index contributed by atoms with van der Waals surface area (Å²) in [6.07, 6.45) is 3.03. The normalized spacial score (nSPS) is 33.3. The molecular formula is C9H17NO3. The number of esters is 1. The van der Waals surface area contributed by atoms with Gasteiger partial charge in [-0.1, -0.05) is 0 Å². The van der Waals surface area contributed by atoms with Gasteiger partial charge in [-0.2, -0.15) is 0 Å². The molecule has 0 aromatic heterocycles. The van der Waals surface area contributed by atoms with Crippen molar-refractivity contribution in [3.8, 4) is 0 Å². The van der Waals surface area contributed by atoms with Crippen LogP contribution in [-0.4, -0.2) is 31.8 Å². The Balaban J connectivity index is 2.58. The molecule has 76 valence electrons. The van der Waals surface area contributed by atoms with E-state index in [0.717, 1.165) is 19.3 Å². The number of methoxy groups -OCH3 is 2. The third-order valence-corrected chi connectivity index (χ3v) is 2.74. The lowest BCUT2D eigenvalue weighted by Gasteiger charge is -2.29. The summed E-state index contributed by atoms with van der Waals surface area (Å²) in [5.74, 6) is -0.258. The van der Waals surface area contributed by atoms with Crippen LogP contribution in [0, 0.1) is 0 Å². The minimum Gasteiger partial charge on any atom is -0.469 e. The fraction of sp³-hybridized carbons (Fsp3) is 0.889. The summed E-state index contributed by atoms with van der Waals surface area (Å²) in [5, 5.41) is 0. The number of rotatable bonds is 3. The largest absolute Gasteiger partial charge is 0.469 e. The van der Waals surface area contributed by atoms with Crippen LogP contribution in [0.2, 0.25) is 0 Å². The molecule has 13 heavy (non-hydrogen) atoms. The average Bonchev–Trinajstić information content (AvgIpc) is 2.46. The summed E-state index contributed by atoms with van der Waals surface area (Å²) in [5.41, 5.74) is 5.55. The molecule has 0 aromatic carbocycles. The molecule has 2 N–H and O–H groups in total. The molecule has 0 aliphatic heterocycles. The molecule has 4 nitrogen and oxygen atoms in total. The van der Waals surface area contributed by atoms with Crippen LogP contribution >= 0.6 is 0 Å². The van der Waals surface area contributed by atoms with Crippen molar-refractivity contribution in [2.45, 2.75) is 37.3 Å². The van der Waals surface area contributed by atoms with E-state index in [0.29, 0.717) is 0 Å². The van der Waals surface area contributed by atoms with Crippen LogP contribution < -0.4 is 5.73 Å². The molecule has 1 fully saturated rings. The molecule has 0 bridgehead atoms. The van der Waals surface area contributed by atoms with Crippen molar-refractivity contribution in [3.05, 3.63) is 0 Å². The zero-order valence-corrected chi connectivity index (χ0v) is 8.21. The second kappa shape index (κ2) is 4.07. The summed E-state index contributed by atoms with van der Waals surface area (Å²) in [7, 11) is 3.01. The lowest BCUT2D eigenvalue weighted by molar-refractivity contribution is -0.143. The van der Waals surface area contributed by atoms with E-state index in [-0.39, 0.29) is 18.5 Å². The number of carbonyl (C=O) groups excluding carboxylic acids is 1. The van der Waals surface area contributed by atoms with Crippen LogP contribution in [0.1, 0.15) is 25.7 Å². The van der Waals surface area contributed by atoms with Crippen LogP contribution in [-0.2, 0) is 14.3 Å². The van der Waals surface area contributed by atoms with Gasteiger partial charge in [0.2, 0.25) is 0 Å². The molecule has 0 spiro atoms. The summed E-state index contributed by atoms with van der Waals surface area (Å²) >= 11 is 0. The van der Waals surface area contributed by atoms with Gasteiger partial charge < -0.3 is 15.2 Å². The van der Waals surface area contributed by atoms with Gasteiger partial charge in [-0.15, -0.1) is 0 Å². The molecule has 1 aliphatic rings. The Kier molecular flexibility index (Phi) is 3.27. The van der Waals surface area contributed by atoms with Crippen molar-refractivity contribution >= 4 is 5.97 Å². The van der Waals surface area contributed by atoms with Gasteiger partial charge in [-0.3, -0.25) is 4.79 Å². The Morgan fingerprint density at radius 2 is 2.31 bits per heavy atom. The topological polar surface area (TPSA) is 61.5 Å². The van der Waals surface area contributed by atoms with Gasteiger partial charge in [0.05, 0.1) is 25.2 Å². The standard InChI is InChI=1S/C9H17NO3/c1-12-7-4-3-5-9(7,10)6-8(11)13-2/h7H,3-6,10H2,1-2H3. The van der Waals surface area contributed by atoms with Gasteiger partial charge >= 0.3 is 5.97 Å². The molecule has 1 rings (SSSR count). The molecule has 1 saturated carbocycles. The maximum absolute atomic E-state index is 11.1. The third-order valence-electron chi connectivity index (χ3n) is 2.74. The summed E-state index contributed by atoms with van der Waals surface area (Å²) in [6.45, 7) is 0. The maximum atomic E-state index is 11.1. The number of hydrogen-bond donors (Lipinski definition) is 1. The molecule has 4 heteroatoms. The molecular weight excluding hydrogens is 170 g/mol. The average molecular weight is 187 g/mol. The fourth-order valence-electron chi connectivity index (χ4n) is 1.96. The second-order valence-corrected chi connectivity index (χ2v) is 3.60. The molecule has 0 aromatic rings. The first kappa shape index (κ1) is 10.5. The minimum absolute atomic E-state index is 0.00778. The highest BCUT2D eigenvalue weighted by molar-refractivity contribution is 5.71. The van der Waals surface area contributed by atoms with Crippen LogP contribution in [0.15, 0.2) is 0 Å². The van der Waals surface area contributed by atoms with E-state index in [9.17, 15) is 4.79 Å². The van der Waals surface area contributed by atoms with Crippen LogP contribution in [0.5, 0.6) is 0 Å². The highest BCUT2D eigenvalue weighted by atomic mass is 16.5. The van der Waals surface area contributed by atoms with Crippen LogP contribution in [0.25, 0.3) is 0 Å². The van der Waals surface area contributed by atoms with Crippen molar-refractivity contribution in [2.75, 3.05) is 14.2 Å². The zero-order valence-electron chi connectivity index (χ0n) is 8.21. The van der Waals surface area contributed by atoms with E-state index in [4.69, 9.17) is 10.5 Å². The van der Waals surface area contributed by atoms with Crippen molar-refractivity contribution in [1.29, 1.82) is 0 Å². The Labute approximate surface area is 78.4 Å². The smallest absolute Gasteiger partial charge is 0.307 e. The summed E-state index contributed by atoms with van der Waals surface area (Å²) in [6, 6.07) is 0. The molecule has 1 aliphatic carbocycles. The molecule has 0 heterocycles. The molecule has 0 amide bonds. The lowest BCUT2D eigenvalue weighted by Crippen LogP contribution is -2.49. The minimum atomic E-state index is -0.512. The number of carbonyl (C=O) groups is 1. The quantitative estimate of drug-likeness (QED) is 0.651. The fourth-order valence-corrected chi connectivity index (χ4v) is 1.96. The second-order valence-electron chi connectivity index (χ2n) is 3.60. The van der Waals surface area contributed by atoms with Gasteiger partial charge in [0, 0.05) is 7.11 Å². The lowest BCUT2D eigenvalue weighted by atomic mass is 9.92. The van der Waals surface area contributed by atoms with E-state index in [2.05, 4.69) is 4.74 Å². The SMILES string of the molecule is COC(=O)CC1(N)CCCC1OC. The van der Waals surface area contributed by atoms with E-state index >= 15 is 0 Å². The Hall–Kier alpha value is -0.610. The number of nitrogens with two attached hydrogens (primary N) is 1. The van der Waals surface area contributed by atoms with Crippen molar-refractivity contribution < 1.29 is 14.3 Å². The molecule has 0 radical (unpaired) electrons. The van der Waals surface area contributed by atoms with E-state index < -0.39 is 5.54 Å². The zero-order chi connectivity index (χ0) is 9.90. The van der Waals surface area contributed by atoms with E-state index in [1.807, 2.05) is 0 Å². The van der Waals surface area contributed by atoms with Gasteiger partial charge in [-0.05, 0) is 19.3 Å². The Morgan fingerprint density at radius 3 is 2.85 bits per heavy atom. The first-order valence-electron chi connectivity index (χ1n) is 4.51. The predicted octanol–water partition coefficient (Wildman–Crippen LogP) is 0.446. The van der Waals surface area contributed by atoms with Gasteiger partial charge in [0.15, 0.2) is 0 Å². The van der Waals surface area contributed by atoms with Crippen LogP contribution in [0.4, 0.5) is 0 Å². The first-order valence-corrected chi connectivity index (χ1v) is 4.51. The maximum Gasteiger partial charge on any atom is 0.307 e. The van der Waals surface area contributed by atoms with Gasteiger partial charge in [0.25, 0.3) is 0 Å². The van der Waals surface area contributed by atoms with Gasteiger partial charge in [-0.25, -0.2) is 0 Å². The van der Waals surface area contributed by atoms with Crippen LogP contribution in [0.3, 0.4) is 0 Å². The van der Waals surface area contributed by atoms with Crippen molar-refractivity contribution in [3.63, 3.8) is 0 Å². The first-order chi connectivity index (χ1) is 6.12. The van der Waals surface area contributed by atoms with Crippen molar-refractivity contribution in [2.24, 2.45) is 5.73 Å². The monoisotopic (exact) mass is 187 g/mol. The van der Waals surface area contributed by atoms with Gasteiger partial charge in [0.1, 0.15) is 0 Å². The Bertz CT molecular complexity index is 195. The predicted molar refractivity (Wildman–Crippen MR) is 48.2 cm³/mol. The van der Waals surface area contributed by atoms with E-state index in [1.165, 1.54) is 7.11 Å². The number of ether oxygens (including phenoxy) is 2. The Morgan fingerprint density at radius 1 is 1.62 bits per heavy atom. The molecule has 0 saturated heterocycles. The van der Waals surface area contributed by atoms with E-state index in [1.54, 1.807) is 7.11 Å². The molecule has 2 atom stereocenters. The highest BCUT2D eigenvalue weighted by Gasteiger charge is 2.41. The summed E-state index contributed by atoms with van der Waals surface area (Å²) < 4.78 is 9.84.